The predicted molar refractivity (Wildman–Crippen MR) is 89.8 cm³/mol. The molecule has 0 aliphatic heterocycles. The van der Waals surface area contributed by atoms with E-state index in [9.17, 15) is 0 Å². The maximum Gasteiger partial charge on any atom is 0.0351 e. The smallest absolute Gasteiger partial charge is 0.0351 e. The first-order chi connectivity index (χ1) is 9.69. The highest BCUT2D eigenvalue weighted by atomic mass is 32.1. The van der Waals surface area contributed by atoms with Crippen LogP contribution in [0.3, 0.4) is 0 Å². The number of nitrogens with one attached hydrogen (secondary N) is 1. The van der Waals surface area contributed by atoms with Crippen molar-refractivity contribution in [2.45, 2.75) is 53.0 Å². The van der Waals surface area contributed by atoms with Crippen LogP contribution in [0.2, 0.25) is 0 Å². The summed E-state index contributed by atoms with van der Waals surface area (Å²) in [6, 6.07) is 4.95. The lowest BCUT2D eigenvalue weighted by Gasteiger charge is -2.07. The predicted octanol–water partition coefficient (Wildman–Crippen LogP) is 4.70. The number of hydrogen-bond donors (Lipinski definition) is 1. The minimum Gasteiger partial charge on any atom is -0.312 e. The van der Waals surface area contributed by atoms with E-state index in [1.54, 1.807) is 21.6 Å². The van der Waals surface area contributed by atoms with Gasteiger partial charge in [-0.05, 0) is 72.4 Å². The van der Waals surface area contributed by atoms with Gasteiger partial charge in [0.05, 0.1) is 0 Å². The molecular weight excluding hydrogens is 262 g/mol. The molecule has 2 heteroatoms. The third-order valence-corrected chi connectivity index (χ3v) is 5.48. The molecule has 0 spiro atoms. The van der Waals surface area contributed by atoms with Crippen LogP contribution in [0.4, 0.5) is 0 Å². The van der Waals surface area contributed by atoms with Crippen molar-refractivity contribution in [1.82, 2.24) is 5.32 Å². The number of hydrogen-bond acceptors (Lipinski definition) is 2. The highest BCUT2D eigenvalue weighted by molar-refractivity contribution is 7.19. The van der Waals surface area contributed by atoms with Crippen molar-refractivity contribution in [2.75, 3.05) is 6.54 Å². The first kappa shape index (κ1) is 14.1. The Kier molecular flexibility index (Phi) is 4.13. The Morgan fingerprint density at radius 3 is 2.65 bits per heavy atom. The van der Waals surface area contributed by atoms with E-state index in [-0.39, 0.29) is 0 Å². The molecule has 0 amide bonds. The van der Waals surface area contributed by atoms with Crippen LogP contribution < -0.4 is 5.32 Å². The van der Waals surface area contributed by atoms with Crippen LogP contribution in [0.1, 0.15) is 48.8 Å². The molecule has 0 radical (unpaired) electrons. The summed E-state index contributed by atoms with van der Waals surface area (Å²) in [6.07, 6.45) is 5.06. The lowest BCUT2D eigenvalue weighted by atomic mass is 10.0. The molecule has 1 aliphatic rings. The average Bonchev–Trinajstić information content (AvgIpc) is 2.98. The van der Waals surface area contributed by atoms with E-state index in [1.807, 2.05) is 11.3 Å². The Morgan fingerprint density at radius 2 is 1.95 bits per heavy atom. The molecule has 0 bridgehead atoms. The van der Waals surface area contributed by atoms with E-state index in [0.29, 0.717) is 0 Å². The molecule has 0 unspecified atom stereocenters. The van der Waals surface area contributed by atoms with Gasteiger partial charge in [0.25, 0.3) is 0 Å². The molecule has 20 heavy (non-hydrogen) atoms. The molecule has 0 atom stereocenters. The van der Waals surface area contributed by atoms with E-state index in [1.165, 1.54) is 29.3 Å². The quantitative estimate of drug-likeness (QED) is 0.840. The molecule has 1 nitrogen and oxygen atoms in total. The highest BCUT2D eigenvalue weighted by Gasteiger charge is 2.16. The first-order valence-electron chi connectivity index (χ1n) is 7.95. The van der Waals surface area contributed by atoms with E-state index < -0.39 is 0 Å². The van der Waals surface area contributed by atoms with Gasteiger partial charge in [-0.3, -0.25) is 0 Å². The summed E-state index contributed by atoms with van der Waals surface area (Å²) in [7, 11) is 0. The van der Waals surface area contributed by atoms with Crippen molar-refractivity contribution in [3.05, 3.63) is 33.7 Å². The molecule has 1 aromatic heterocycles. The van der Waals surface area contributed by atoms with Crippen molar-refractivity contribution in [3.8, 4) is 0 Å². The van der Waals surface area contributed by atoms with Crippen LogP contribution in [0.5, 0.6) is 0 Å². The normalized spacial score (nSPS) is 14.4. The number of rotatable bonds is 5. The van der Waals surface area contributed by atoms with Gasteiger partial charge in [-0.2, -0.15) is 0 Å². The third kappa shape index (κ3) is 2.64. The van der Waals surface area contributed by atoms with Crippen LogP contribution in [0.25, 0.3) is 10.1 Å². The molecule has 2 aromatic rings. The maximum atomic E-state index is 3.60. The zero-order valence-electron chi connectivity index (χ0n) is 12.9. The molecule has 1 aliphatic carbocycles. The fraction of sp³-hybridized carbons (Fsp3) is 0.556. The maximum absolute atomic E-state index is 3.60. The average molecular weight is 287 g/mol. The summed E-state index contributed by atoms with van der Waals surface area (Å²) < 4.78 is 1.50. The molecule has 0 saturated heterocycles. The lowest BCUT2D eigenvalue weighted by Crippen LogP contribution is -2.18. The van der Waals surface area contributed by atoms with Crippen molar-refractivity contribution in [2.24, 2.45) is 5.92 Å². The monoisotopic (exact) mass is 287 g/mol. The van der Waals surface area contributed by atoms with Gasteiger partial charge in [0.15, 0.2) is 0 Å². The van der Waals surface area contributed by atoms with Crippen LogP contribution in [-0.4, -0.2) is 6.54 Å². The molecule has 1 heterocycles. The Labute approximate surface area is 126 Å². The Balaban J connectivity index is 1.92. The summed E-state index contributed by atoms with van der Waals surface area (Å²) in [5, 5.41) is 5.13. The molecular formula is C18H25NS. The lowest BCUT2D eigenvalue weighted by molar-refractivity contribution is 0.554. The Hall–Kier alpha value is -0.860. The van der Waals surface area contributed by atoms with Gasteiger partial charge >= 0.3 is 0 Å². The van der Waals surface area contributed by atoms with E-state index >= 15 is 0 Å². The van der Waals surface area contributed by atoms with Crippen molar-refractivity contribution in [3.63, 3.8) is 0 Å². The SMILES string of the molecule is CCc1c(CNCC(C)C)sc2cc3c(cc12)CCC3. The van der Waals surface area contributed by atoms with Crippen LogP contribution >= 0.6 is 11.3 Å². The van der Waals surface area contributed by atoms with Crippen molar-refractivity contribution >= 4 is 21.4 Å². The Morgan fingerprint density at radius 1 is 1.20 bits per heavy atom. The standard InChI is InChI=1S/C18H25NS/c1-4-15-16-8-13-6-5-7-14(13)9-17(16)20-18(15)11-19-10-12(2)3/h8-9,12,19H,4-7,10-11H2,1-3H3. The van der Waals surface area contributed by atoms with Crippen molar-refractivity contribution < 1.29 is 0 Å². The molecule has 0 saturated carbocycles. The first-order valence-corrected chi connectivity index (χ1v) is 8.77. The van der Waals surface area contributed by atoms with Crippen LogP contribution in [0, 0.1) is 5.92 Å². The number of thiophene rings is 1. The van der Waals surface area contributed by atoms with Gasteiger partial charge < -0.3 is 5.32 Å². The van der Waals surface area contributed by atoms with Gasteiger partial charge in [0.2, 0.25) is 0 Å². The van der Waals surface area contributed by atoms with E-state index in [4.69, 9.17) is 0 Å². The van der Waals surface area contributed by atoms with E-state index in [0.717, 1.165) is 25.4 Å². The second-order valence-corrected chi connectivity index (χ2v) is 7.49. The van der Waals surface area contributed by atoms with Crippen molar-refractivity contribution in [1.29, 1.82) is 0 Å². The van der Waals surface area contributed by atoms with Gasteiger partial charge in [-0.1, -0.05) is 20.8 Å². The number of fused-ring (bicyclic) bond motifs is 2. The molecule has 3 rings (SSSR count). The highest BCUT2D eigenvalue weighted by Crippen LogP contribution is 2.36. The van der Waals surface area contributed by atoms with Gasteiger partial charge in [-0.15, -0.1) is 11.3 Å². The van der Waals surface area contributed by atoms with Gasteiger partial charge in [-0.25, -0.2) is 0 Å². The topological polar surface area (TPSA) is 12.0 Å². The van der Waals surface area contributed by atoms with Crippen LogP contribution in [-0.2, 0) is 25.8 Å². The summed E-state index contributed by atoms with van der Waals surface area (Å²) in [5.41, 5.74) is 4.78. The minimum absolute atomic E-state index is 0.721. The summed E-state index contributed by atoms with van der Waals surface area (Å²) in [6.45, 7) is 8.96. The minimum atomic E-state index is 0.721. The number of aryl methyl sites for hydroxylation is 3. The fourth-order valence-electron chi connectivity index (χ4n) is 3.27. The molecule has 0 fully saturated rings. The zero-order valence-corrected chi connectivity index (χ0v) is 13.7. The molecule has 1 N–H and O–H groups in total. The fourth-order valence-corrected chi connectivity index (χ4v) is 4.58. The van der Waals surface area contributed by atoms with Crippen LogP contribution in [0.15, 0.2) is 12.1 Å². The Bertz CT molecular complexity index is 609. The summed E-state index contributed by atoms with van der Waals surface area (Å²) in [5.74, 6) is 0.721. The zero-order chi connectivity index (χ0) is 14.1. The van der Waals surface area contributed by atoms with Gasteiger partial charge in [0, 0.05) is 16.1 Å². The second kappa shape index (κ2) is 5.87. The largest absolute Gasteiger partial charge is 0.312 e. The second-order valence-electron chi connectivity index (χ2n) is 6.35. The number of benzene rings is 1. The van der Waals surface area contributed by atoms with E-state index in [2.05, 4.69) is 38.2 Å². The molecule has 108 valence electrons. The molecule has 1 aromatic carbocycles. The third-order valence-electron chi connectivity index (χ3n) is 4.28. The van der Waals surface area contributed by atoms with Gasteiger partial charge in [0.1, 0.15) is 0 Å². The summed E-state index contributed by atoms with van der Waals surface area (Å²) in [4.78, 5) is 1.55. The summed E-state index contributed by atoms with van der Waals surface area (Å²) >= 11 is 2.00.